The number of carbonyl (C=O) groups is 1. The van der Waals surface area contributed by atoms with Gasteiger partial charge in [0.05, 0.1) is 41.9 Å². The van der Waals surface area contributed by atoms with Crippen molar-refractivity contribution in [3.05, 3.63) is 42.2 Å². The van der Waals surface area contributed by atoms with E-state index < -0.39 is 0 Å². The molecule has 5 heterocycles. The molecule has 1 aromatic carbocycles. The Labute approximate surface area is 283 Å². The van der Waals surface area contributed by atoms with Gasteiger partial charge in [-0.25, -0.2) is 0 Å². The quantitative estimate of drug-likeness (QED) is 0.397. The minimum atomic E-state index is -0.0755. The normalized spacial score (nSPS) is 32.0. The lowest BCUT2D eigenvalue weighted by atomic mass is 9.56. The van der Waals surface area contributed by atoms with Crippen molar-refractivity contribution in [2.45, 2.75) is 76.8 Å². The summed E-state index contributed by atoms with van der Waals surface area (Å²) < 4.78 is 5.29. The van der Waals surface area contributed by atoms with Crippen LogP contribution in [0, 0.1) is 11.3 Å². The Balaban J connectivity index is 0.821. The summed E-state index contributed by atoms with van der Waals surface area (Å²) in [5.74, 6) is 1.13. The topological polar surface area (TPSA) is 122 Å². The van der Waals surface area contributed by atoms with Crippen LogP contribution in [0.3, 0.4) is 0 Å². The second-order valence-corrected chi connectivity index (χ2v) is 14.7. The highest BCUT2D eigenvalue weighted by Crippen LogP contribution is 2.55. The van der Waals surface area contributed by atoms with Crippen LogP contribution in [0.1, 0.15) is 52.4 Å². The van der Waals surface area contributed by atoms with Crippen LogP contribution in [-0.2, 0) is 9.53 Å². The Hall–Kier alpha value is -3.90. The first-order valence-corrected chi connectivity index (χ1v) is 18.0. The molecule has 2 aromatic rings. The number of esters is 1. The molecule has 1 aromatic heterocycles. The molecule has 12 nitrogen and oxygen atoms in total. The molecule has 4 fully saturated rings. The zero-order valence-electron chi connectivity index (χ0n) is 28.2. The molecule has 0 radical (unpaired) electrons. The lowest BCUT2D eigenvalue weighted by Crippen LogP contribution is -2.62. The number of aliphatic imine (C=N–C) groups is 1. The van der Waals surface area contributed by atoms with Gasteiger partial charge in [0.25, 0.3) is 0 Å². The van der Waals surface area contributed by atoms with Crippen molar-refractivity contribution < 1.29 is 14.6 Å². The Morgan fingerprint density at radius 2 is 1.90 bits per heavy atom. The third kappa shape index (κ3) is 5.87. The van der Waals surface area contributed by atoms with Crippen molar-refractivity contribution >= 4 is 23.7 Å². The van der Waals surface area contributed by atoms with Gasteiger partial charge < -0.3 is 30.3 Å². The zero-order chi connectivity index (χ0) is 32.8. The summed E-state index contributed by atoms with van der Waals surface area (Å²) in [5.41, 5.74) is 4.02. The maximum absolute atomic E-state index is 12.2. The maximum atomic E-state index is 12.2. The minimum Gasteiger partial charge on any atom is -0.507 e. The van der Waals surface area contributed by atoms with Gasteiger partial charge in [0.15, 0.2) is 12.1 Å². The second kappa shape index (κ2) is 12.9. The van der Waals surface area contributed by atoms with Crippen molar-refractivity contribution in [2.24, 2.45) is 16.3 Å². The predicted octanol–water partition coefficient (Wildman–Crippen LogP) is 3.47. The Bertz CT molecular complexity index is 1570. The molecule has 2 aliphatic carbocycles. The van der Waals surface area contributed by atoms with E-state index in [1.807, 2.05) is 31.2 Å². The standard InChI is InChI=1S/C36H49N9O3/c1-3-48-34(47)25-8-10-36(11-9-25)17-26(18-36)44-14-12-42(22-24(44)2)27-19-38-35(39-20-27)43-13-15-45-28(23-43)21-37-33-31(45)16-30(40-41-33)29-6-4-5-7-32(29)46/h4-7,16,19-20,24-26,28,35,38,46H,3,8-15,17-18,21-23H2,1-2H3,(H,37,41). The van der Waals surface area contributed by atoms with Crippen molar-refractivity contribution in [3.63, 3.8) is 0 Å². The van der Waals surface area contributed by atoms with Gasteiger partial charge in [0, 0.05) is 69.7 Å². The van der Waals surface area contributed by atoms with E-state index in [4.69, 9.17) is 9.73 Å². The summed E-state index contributed by atoms with van der Waals surface area (Å²) in [5, 5.41) is 26.3. The number of piperazine rings is 2. The molecule has 0 bridgehead atoms. The van der Waals surface area contributed by atoms with E-state index in [0.717, 1.165) is 70.2 Å². The van der Waals surface area contributed by atoms with E-state index in [0.29, 0.717) is 35.4 Å². The summed E-state index contributed by atoms with van der Waals surface area (Å²) in [6, 6.07) is 10.8. The molecule has 256 valence electrons. The molecule has 12 heteroatoms. The number of hydrogen-bond donors (Lipinski definition) is 3. The van der Waals surface area contributed by atoms with Crippen LogP contribution in [0.2, 0.25) is 0 Å². The van der Waals surface area contributed by atoms with Crippen LogP contribution in [0.15, 0.2) is 47.2 Å². The highest BCUT2D eigenvalue weighted by molar-refractivity contribution is 5.79. The lowest BCUT2D eigenvalue weighted by molar-refractivity contribution is -0.151. The average molecular weight is 656 g/mol. The zero-order valence-corrected chi connectivity index (χ0v) is 28.2. The first-order valence-electron chi connectivity index (χ1n) is 18.0. The van der Waals surface area contributed by atoms with Gasteiger partial charge in [-0.1, -0.05) is 12.1 Å². The number of anilines is 2. The highest BCUT2D eigenvalue weighted by Gasteiger charge is 2.50. The van der Waals surface area contributed by atoms with E-state index in [1.165, 1.54) is 31.4 Å². The Morgan fingerprint density at radius 1 is 1.06 bits per heavy atom. The summed E-state index contributed by atoms with van der Waals surface area (Å²) in [6.45, 7) is 11.3. The van der Waals surface area contributed by atoms with Gasteiger partial charge in [-0.05, 0) is 76.0 Å². The summed E-state index contributed by atoms with van der Waals surface area (Å²) in [6.07, 6.45) is 11.0. The number of ether oxygens (including phenoxy) is 1. The first kappa shape index (κ1) is 31.4. The van der Waals surface area contributed by atoms with Crippen molar-refractivity contribution in [3.8, 4) is 17.0 Å². The summed E-state index contributed by atoms with van der Waals surface area (Å²) >= 11 is 0. The fraction of sp³-hybridized carbons (Fsp3) is 0.611. The smallest absolute Gasteiger partial charge is 0.308 e. The highest BCUT2D eigenvalue weighted by atomic mass is 16.5. The molecule has 2 saturated carbocycles. The van der Waals surface area contributed by atoms with E-state index >= 15 is 0 Å². The van der Waals surface area contributed by atoms with Gasteiger partial charge in [-0.2, -0.15) is 0 Å². The van der Waals surface area contributed by atoms with Crippen molar-refractivity contribution in [1.82, 2.24) is 30.2 Å². The number of aromatic hydroxyl groups is 1. The molecule has 6 aliphatic rings. The number of allylic oxidation sites excluding steroid dienone is 1. The molecule has 48 heavy (non-hydrogen) atoms. The molecule has 8 rings (SSSR count). The SMILES string of the molecule is CCOC(=O)C1CCC2(CC1)CC(N1CCN(C3=CNC(N4CCN5c6cc(-c7ccccc7O)nnc6NCC5C4)N=C3)CC1C)C2. The molecule has 1 spiro atoms. The fourth-order valence-electron chi connectivity index (χ4n) is 9.17. The van der Waals surface area contributed by atoms with E-state index in [1.54, 1.807) is 6.07 Å². The number of fused-ring (bicyclic) bond motifs is 3. The molecule has 3 N–H and O–H groups in total. The molecule has 0 amide bonds. The number of benzene rings is 1. The number of rotatable bonds is 6. The van der Waals surface area contributed by atoms with Gasteiger partial charge in [-0.15, -0.1) is 10.2 Å². The number of phenolic OH excluding ortho intramolecular Hbond substituents is 1. The lowest BCUT2D eigenvalue weighted by Gasteiger charge is -2.57. The van der Waals surface area contributed by atoms with Gasteiger partial charge in [-0.3, -0.25) is 19.6 Å². The van der Waals surface area contributed by atoms with Crippen LogP contribution in [0.25, 0.3) is 11.3 Å². The number of para-hydroxylation sites is 1. The van der Waals surface area contributed by atoms with E-state index in [-0.39, 0.29) is 30.0 Å². The van der Waals surface area contributed by atoms with Crippen molar-refractivity contribution in [2.75, 3.05) is 62.6 Å². The number of hydrogen-bond acceptors (Lipinski definition) is 12. The largest absolute Gasteiger partial charge is 0.507 e. The van der Waals surface area contributed by atoms with Crippen LogP contribution in [0.5, 0.6) is 5.75 Å². The van der Waals surface area contributed by atoms with Crippen LogP contribution in [0.4, 0.5) is 11.5 Å². The number of phenols is 1. The fourth-order valence-corrected chi connectivity index (χ4v) is 9.17. The van der Waals surface area contributed by atoms with Gasteiger partial charge in [0.2, 0.25) is 0 Å². The monoisotopic (exact) mass is 655 g/mol. The number of nitrogens with zero attached hydrogens (tertiary/aromatic N) is 7. The number of nitrogens with one attached hydrogen (secondary N) is 2. The number of carbonyl (C=O) groups excluding carboxylic acids is 1. The summed E-state index contributed by atoms with van der Waals surface area (Å²) in [4.78, 5) is 27.3. The van der Waals surface area contributed by atoms with Crippen molar-refractivity contribution in [1.29, 1.82) is 0 Å². The number of aromatic nitrogens is 2. The van der Waals surface area contributed by atoms with Crippen LogP contribution in [-0.4, -0.2) is 119 Å². The Kier molecular flexibility index (Phi) is 8.40. The third-order valence-corrected chi connectivity index (χ3v) is 11.9. The minimum absolute atomic E-state index is 0.0151. The van der Waals surface area contributed by atoms with Crippen LogP contribution >= 0.6 is 0 Å². The van der Waals surface area contributed by atoms with Crippen LogP contribution < -0.4 is 15.5 Å². The third-order valence-electron chi connectivity index (χ3n) is 11.9. The molecule has 3 unspecified atom stereocenters. The molecular weight excluding hydrogens is 606 g/mol. The molecule has 2 saturated heterocycles. The first-order chi connectivity index (χ1) is 23.4. The van der Waals surface area contributed by atoms with Gasteiger partial charge in [0.1, 0.15) is 5.75 Å². The summed E-state index contributed by atoms with van der Waals surface area (Å²) in [7, 11) is 0. The molecule has 3 atom stereocenters. The predicted molar refractivity (Wildman–Crippen MR) is 186 cm³/mol. The molecule has 4 aliphatic heterocycles. The van der Waals surface area contributed by atoms with Gasteiger partial charge >= 0.3 is 5.97 Å². The average Bonchev–Trinajstić information content (AvgIpc) is 3.10. The maximum Gasteiger partial charge on any atom is 0.308 e. The second-order valence-electron chi connectivity index (χ2n) is 14.7. The molecular formula is C36H49N9O3. The van der Waals surface area contributed by atoms with E-state index in [9.17, 15) is 9.90 Å². The van der Waals surface area contributed by atoms with E-state index in [2.05, 4.69) is 59.8 Å². The Morgan fingerprint density at radius 3 is 2.65 bits per heavy atom.